The van der Waals surface area contributed by atoms with Gasteiger partial charge in [0.15, 0.2) is 5.95 Å². The van der Waals surface area contributed by atoms with Crippen molar-refractivity contribution in [2.75, 3.05) is 24.2 Å². The highest BCUT2D eigenvalue weighted by molar-refractivity contribution is 7.13. The van der Waals surface area contributed by atoms with Crippen LogP contribution in [0.4, 0.5) is 11.6 Å². The average Bonchev–Trinajstić information content (AvgIpc) is 3.61. The van der Waals surface area contributed by atoms with Gasteiger partial charge in [0.2, 0.25) is 0 Å². The van der Waals surface area contributed by atoms with E-state index in [2.05, 4.69) is 26.7 Å². The van der Waals surface area contributed by atoms with Crippen LogP contribution in [-0.2, 0) is 6.42 Å². The van der Waals surface area contributed by atoms with Gasteiger partial charge >= 0.3 is 5.97 Å². The van der Waals surface area contributed by atoms with Gasteiger partial charge in [0.25, 0.3) is 11.8 Å². The highest BCUT2D eigenvalue weighted by Crippen LogP contribution is 2.43. The Morgan fingerprint density at radius 1 is 1.02 bits per heavy atom. The molecule has 1 aliphatic heterocycles. The number of imidazole rings is 1. The smallest absolute Gasteiger partial charge is 0.336 e. The molecule has 224 valence electrons. The van der Waals surface area contributed by atoms with Crippen LogP contribution >= 0.6 is 11.3 Å². The molecule has 0 radical (unpaired) electrons. The summed E-state index contributed by atoms with van der Waals surface area (Å²) in [5, 5.41) is 18.0. The molecule has 0 atom stereocenters. The molecular weight excluding hydrogens is 578 g/mol. The number of amides is 2. The summed E-state index contributed by atoms with van der Waals surface area (Å²) in [6.45, 7) is 4.88. The number of nitrogen functional groups attached to an aromatic ring is 1. The van der Waals surface area contributed by atoms with Gasteiger partial charge in [-0.15, -0.1) is 11.3 Å². The molecule has 0 spiro atoms. The summed E-state index contributed by atoms with van der Waals surface area (Å²) in [4.78, 5) is 47.6. The summed E-state index contributed by atoms with van der Waals surface area (Å²) in [5.74, 6) is -0.977. The number of carboxylic acid groups (broad SMARTS) is 1. The van der Waals surface area contributed by atoms with Gasteiger partial charge < -0.3 is 31.2 Å². The van der Waals surface area contributed by atoms with E-state index in [9.17, 15) is 19.5 Å². The number of nitrogens with one attached hydrogen (secondary N) is 3. The molecule has 44 heavy (non-hydrogen) atoms. The van der Waals surface area contributed by atoms with E-state index in [1.165, 1.54) is 11.6 Å². The van der Waals surface area contributed by atoms with E-state index in [-0.39, 0.29) is 34.5 Å². The molecule has 0 saturated heterocycles. The summed E-state index contributed by atoms with van der Waals surface area (Å²) in [6, 6.07) is 15.3. The lowest BCUT2D eigenvalue weighted by atomic mass is 9.90. The first-order valence-electron chi connectivity index (χ1n) is 14.3. The third kappa shape index (κ3) is 5.73. The number of anilines is 2. The van der Waals surface area contributed by atoms with Crippen molar-refractivity contribution in [3.05, 3.63) is 82.2 Å². The highest BCUT2D eigenvalue weighted by Gasteiger charge is 2.25. The normalized spacial score (nSPS) is 12.5. The first kappa shape index (κ1) is 28.9. The van der Waals surface area contributed by atoms with Gasteiger partial charge in [0.05, 0.1) is 23.2 Å². The number of fused-ring (bicyclic) bond motifs is 4. The number of nitrogens with two attached hydrogens (primary N) is 1. The number of aromatic carboxylic acids is 1. The number of ether oxygens (including phenoxy) is 1. The lowest BCUT2D eigenvalue weighted by Crippen LogP contribution is -2.27. The second-order valence-corrected chi connectivity index (χ2v) is 12.0. The number of carbonyl (C=O) groups is 3. The summed E-state index contributed by atoms with van der Waals surface area (Å²) >= 11 is 1.57. The van der Waals surface area contributed by atoms with Crippen molar-refractivity contribution in [1.82, 2.24) is 15.3 Å². The maximum atomic E-state index is 14.0. The number of hydrogen-bond acceptors (Lipinski definition) is 7. The molecule has 0 fully saturated rings. The van der Waals surface area contributed by atoms with E-state index in [1.54, 1.807) is 53.8 Å². The van der Waals surface area contributed by atoms with Crippen LogP contribution in [0.5, 0.6) is 5.75 Å². The first-order valence-corrected chi connectivity index (χ1v) is 15.2. The Labute approximate surface area is 257 Å². The molecule has 1 aliphatic rings. The minimum atomic E-state index is -1.22. The van der Waals surface area contributed by atoms with Gasteiger partial charge in [-0.25, -0.2) is 9.78 Å². The third-order valence-electron chi connectivity index (χ3n) is 7.44. The van der Waals surface area contributed by atoms with E-state index in [4.69, 9.17) is 10.5 Å². The van der Waals surface area contributed by atoms with Crippen molar-refractivity contribution in [3.8, 4) is 27.3 Å². The minimum Gasteiger partial charge on any atom is -0.493 e. The molecule has 0 bridgehead atoms. The lowest BCUT2D eigenvalue weighted by Gasteiger charge is -2.20. The molecule has 0 aliphatic carbocycles. The topological polar surface area (TPSA) is 159 Å². The van der Waals surface area contributed by atoms with E-state index in [0.717, 1.165) is 28.8 Å². The number of aryl methyl sites for hydroxylation is 1. The summed E-state index contributed by atoms with van der Waals surface area (Å²) in [6.07, 6.45) is 1.67. The maximum Gasteiger partial charge on any atom is 0.336 e. The first-order chi connectivity index (χ1) is 21.2. The number of aromatic nitrogens is 2. The zero-order valence-electron chi connectivity index (χ0n) is 24.2. The maximum absolute atomic E-state index is 14.0. The Balaban J connectivity index is 1.49. The SMILES string of the molecule is CC(C)CNC(=O)c1ccc(-c2cc3c(cc2C(=O)Nc2ccc4[nH]c(N)nc4c2)-c2sccc2CCCO3)c(C(=O)O)c1. The fraction of sp³-hybridized carbons (Fsp3) is 0.212. The van der Waals surface area contributed by atoms with Crippen molar-refractivity contribution in [1.29, 1.82) is 0 Å². The van der Waals surface area contributed by atoms with Gasteiger partial charge in [0.1, 0.15) is 5.75 Å². The molecule has 2 amide bonds. The quantitative estimate of drug-likeness (QED) is 0.147. The number of nitrogens with zero attached hydrogens (tertiary/aromatic N) is 1. The molecule has 0 saturated carbocycles. The molecule has 3 heterocycles. The van der Waals surface area contributed by atoms with Gasteiger partial charge in [-0.3, -0.25) is 9.59 Å². The summed E-state index contributed by atoms with van der Waals surface area (Å²) < 4.78 is 6.18. The highest BCUT2D eigenvalue weighted by atomic mass is 32.1. The van der Waals surface area contributed by atoms with Crippen LogP contribution in [0, 0.1) is 5.92 Å². The van der Waals surface area contributed by atoms with E-state index in [0.29, 0.717) is 41.2 Å². The molecule has 10 nitrogen and oxygen atoms in total. The summed E-state index contributed by atoms with van der Waals surface area (Å²) in [7, 11) is 0. The fourth-order valence-electron chi connectivity index (χ4n) is 5.30. The minimum absolute atomic E-state index is 0.104. The van der Waals surface area contributed by atoms with Crippen molar-refractivity contribution >= 4 is 51.8 Å². The van der Waals surface area contributed by atoms with Crippen LogP contribution in [0.2, 0.25) is 0 Å². The number of carbonyl (C=O) groups excluding carboxylic acids is 2. The lowest BCUT2D eigenvalue weighted by molar-refractivity contribution is 0.0697. The van der Waals surface area contributed by atoms with Crippen LogP contribution in [0.25, 0.3) is 32.6 Å². The third-order valence-corrected chi connectivity index (χ3v) is 8.43. The largest absolute Gasteiger partial charge is 0.493 e. The number of aromatic amines is 1. The molecule has 6 N–H and O–H groups in total. The van der Waals surface area contributed by atoms with Crippen molar-refractivity contribution in [2.45, 2.75) is 26.7 Å². The van der Waals surface area contributed by atoms with Gasteiger partial charge in [-0.2, -0.15) is 0 Å². The molecular formula is C33H31N5O5S. The molecule has 11 heteroatoms. The van der Waals surface area contributed by atoms with E-state index in [1.807, 2.05) is 19.2 Å². The van der Waals surface area contributed by atoms with Crippen LogP contribution < -0.4 is 21.1 Å². The van der Waals surface area contributed by atoms with Crippen LogP contribution in [0.15, 0.2) is 60.0 Å². The van der Waals surface area contributed by atoms with Crippen LogP contribution in [0.1, 0.15) is 56.9 Å². The number of rotatable bonds is 7. The second kappa shape index (κ2) is 11.8. The van der Waals surface area contributed by atoms with Crippen LogP contribution in [-0.4, -0.2) is 46.0 Å². The number of benzene rings is 3. The molecule has 2 aromatic heterocycles. The Bertz CT molecular complexity index is 1930. The second-order valence-electron chi connectivity index (χ2n) is 11.1. The zero-order valence-corrected chi connectivity index (χ0v) is 25.0. The zero-order chi connectivity index (χ0) is 31.0. The van der Waals surface area contributed by atoms with E-state index >= 15 is 0 Å². The number of H-pyrrole nitrogens is 1. The van der Waals surface area contributed by atoms with Gasteiger partial charge in [-0.1, -0.05) is 19.9 Å². The Hall–Kier alpha value is -5.16. The molecule has 0 unspecified atom stereocenters. The number of thiophene rings is 1. The predicted molar refractivity (Wildman–Crippen MR) is 172 cm³/mol. The van der Waals surface area contributed by atoms with Crippen LogP contribution in [0.3, 0.4) is 0 Å². The van der Waals surface area contributed by atoms with Crippen molar-refractivity contribution < 1.29 is 24.2 Å². The average molecular weight is 610 g/mol. The Morgan fingerprint density at radius 2 is 1.86 bits per heavy atom. The fourth-order valence-corrected chi connectivity index (χ4v) is 6.28. The van der Waals surface area contributed by atoms with Gasteiger partial charge in [-0.05, 0) is 89.4 Å². The van der Waals surface area contributed by atoms with Gasteiger partial charge in [0, 0.05) is 33.8 Å². The van der Waals surface area contributed by atoms with Crippen molar-refractivity contribution in [3.63, 3.8) is 0 Å². The molecule has 6 rings (SSSR count). The Morgan fingerprint density at radius 3 is 2.66 bits per heavy atom. The summed E-state index contributed by atoms with van der Waals surface area (Å²) in [5.41, 5.74) is 10.6. The Kier molecular flexibility index (Phi) is 7.79. The molecule has 3 aromatic carbocycles. The number of carboxylic acids is 1. The van der Waals surface area contributed by atoms with Crippen molar-refractivity contribution in [2.24, 2.45) is 5.92 Å². The predicted octanol–water partition coefficient (Wildman–Crippen LogP) is 6.20. The van der Waals surface area contributed by atoms with E-state index < -0.39 is 11.9 Å². The molecule has 5 aromatic rings. The monoisotopic (exact) mass is 609 g/mol. The number of hydrogen-bond donors (Lipinski definition) is 5. The standard InChI is InChI=1S/C33H31N5O5S/c1-17(2)16-35-30(39)19-5-7-21(24(12-19)32(41)42)22-15-28-25(29-18(9-11-44-29)4-3-10-43-28)14-23(22)31(40)36-20-6-8-26-27(13-20)38-33(34)37-26/h5-9,11-15,17H,3-4,10,16H2,1-2H3,(H,35,39)(H,36,40)(H,41,42)(H3,34,37,38).